The average Bonchev–Trinajstić information content (AvgIpc) is 1.61. The highest BCUT2D eigenvalue weighted by Crippen LogP contribution is 1.95. The second kappa shape index (κ2) is 15.8. The molecule has 0 spiro atoms. The molecule has 2 nitrogen and oxygen atoms in total. The van der Waals surface area contributed by atoms with Crippen LogP contribution in [-0.4, -0.2) is 11.0 Å². The SMILES string of the molecule is CCCCCC.O.O. The predicted molar refractivity (Wildman–Crippen MR) is 37.0 cm³/mol. The number of unbranched alkanes of at least 4 members (excludes halogenated alkanes) is 3. The van der Waals surface area contributed by atoms with Crippen LogP contribution in [0.2, 0.25) is 0 Å². The monoisotopic (exact) mass is 122 g/mol. The molecule has 0 aromatic rings. The van der Waals surface area contributed by atoms with Gasteiger partial charge in [-0.15, -0.1) is 0 Å². The van der Waals surface area contributed by atoms with Crippen LogP contribution in [-0.2, 0) is 0 Å². The summed E-state index contributed by atoms with van der Waals surface area (Å²) in [6.45, 7) is 4.46. The Morgan fingerprint density at radius 3 is 1.12 bits per heavy atom. The summed E-state index contributed by atoms with van der Waals surface area (Å²) < 4.78 is 0. The van der Waals surface area contributed by atoms with Gasteiger partial charge in [0.1, 0.15) is 0 Å². The minimum atomic E-state index is 0. The second-order valence-electron chi connectivity index (χ2n) is 1.71. The molecule has 0 aliphatic rings. The minimum Gasteiger partial charge on any atom is -0.412 e. The number of hydrogen-bond acceptors (Lipinski definition) is 0. The zero-order valence-electron chi connectivity index (χ0n) is 5.83. The average molecular weight is 122 g/mol. The van der Waals surface area contributed by atoms with Crippen LogP contribution in [0.1, 0.15) is 39.5 Å². The minimum absolute atomic E-state index is 0. The van der Waals surface area contributed by atoms with Crippen LogP contribution < -0.4 is 0 Å². The molecule has 0 saturated carbocycles. The quantitative estimate of drug-likeness (QED) is 0.500. The van der Waals surface area contributed by atoms with E-state index in [1.165, 1.54) is 25.7 Å². The molecule has 0 aromatic heterocycles. The van der Waals surface area contributed by atoms with E-state index in [1.807, 2.05) is 0 Å². The van der Waals surface area contributed by atoms with Gasteiger partial charge in [0.25, 0.3) is 0 Å². The van der Waals surface area contributed by atoms with Crippen LogP contribution >= 0.6 is 0 Å². The largest absolute Gasteiger partial charge is 0.412 e. The predicted octanol–water partition coefficient (Wildman–Crippen LogP) is 0.937. The fourth-order valence-electron chi connectivity index (χ4n) is 0.500. The summed E-state index contributed by atoms with van der Waals surface area (Å²) in [5.74, 6) is 0. The van der Waals surface area contributed by atoms with Crippen molar-refractivity contribution in [2.24, 2.45) is 0 Å². The van der Waals surface area contributed by atoms with E-state index in [9.17, 15) is 0 Å². The van der Waals surface area contributed by atoms with Crippen LogP contribution in [0.5, 0.6) is 0 Å². The van der Waals surface area contributed by atoms with Gasteiger partial charge in [-0.25, -0.2) is 0 Å². The molecule has 2 heteroatoms. The Balaban J connectivity index is -0.000000125. The van der Waals surface area contributed by atoms with E-state index in [1.54, 1.807) is 0 Å². The molecule has 0 bridgehead atoms. The lowest BCUT2D eigenvalue weighted by atomic mass is 10.2. The maximum absolute atomic E-state index is 2.23. The summed E-state index contributed by atoms with van der Waals surface area (Å²) in [6.07, 6.45) is 5.54. The fourth-order valence-corrected chi connectivity index (χ4v) is 0.500. The zero-order chi connectivity index (χ0) is 4.83. The summed E-state index contributed by atoms with van der Waals surface area (Å²) in [6, 6.07) is 0. The highest BCUT2D eigenvalue weighted by molar-refractivity contribution is 4.31. The molecule has 0 rings (SSSR count). The maximum Gasteiger partial charge on any atom is -0.0536 e. The lowest BCUT2D eigenvalue weighted by molar-refractivity contribution is 0.702. The van der Waals surface area contributed by atoms with Crippen molar-refractivity contribution in [3.05, 3.63) is 0 Å². The maximum atomic E-state index is 2.23. The summed E-state index contributed by atoms with van der Waals surface area (Å²) in [7, 11) is 0. The molecule has 0 atom stereocenters. The van der Waals surface area contributed by atoms with Crippen molar-refractivity contribution < 1.29 is 11.0 Å². The molecular weight excluding hydrogens is 104 g/mol. The summed E-state index contributed by atoms with van der Waals surface area (Å²) in [5, 5.41) is 0. The van der Waals surface area contributed by atoms with Crippen molar-refractivity contribution in [1.29, 1.82) is 0 Å². The van der Waals surface area contributed by atoms with Gasteiger partial charge in [-0.3, -0.25) is 0 Å². The normalized spacial score (nSPS) is 6.75. The third-order valence-corrected chi connectivity index (χ3v) is 0.957. The molecule has 8 heavy (non-hydrogen) atoms. The second-order valence-corrected chi connectivity index (χ2v) is 1.71. The van der Waals surface area contributed by atoms with Gasteiger partial charge in [0.05, 0.1) is 0 Å². The molecule has 0 aromatic carbocycles. The molecular formula is C6H18O2. The fraction of sp³-hybridized carbons (Fsp3) is 1.00. The van der Waals surface area contributed by atoms with Gasteiger partial charge < -0.3 is 11.0 Å². The van der Waals surface area contributed by atoms with Crippen LogP contribution in [0, 0.1) is 0 Å². The first-order valence-electron chi connectivity index (χ1n) is 2.91. The lowest BCUT2D eigenvalue weighted by Crippen LogP contribution is -1.66. The molecule has 0 amide bonds. The molecule has 0 heterocycles. The highest BCUT2D eigenvalue weighted by Gasteiger charge is 1.75. The molecule has 0 unspecified atom stereocenters. The molecule has 0 fully saturated rings. The highest BCUT2D eigenvalue weighted by atomic mass is 16.0. The van der Waals surface area contributed by atoms with Gasteiger partial charge in [0.15, 0.2) is 0 Å². The lowest BCUT2D eigenvalue weighted by Gasteiger charge is -1.86. The Morgan fingerprint density at radius 1 is 0.750 bits per heavy atom. The van der Waals surface area contributed by atoms with Gasteiger partial charge in [0.2, 0.25) is 0 Å². The van der Waals surface area contributed by atoms with Gasteiger partial charge in [-0.1, -0.05) is 39.5 Å². The first-order chi connectivity index (χ1) is 2.91. The molecule has 0 aliphatic carbocycles. The van der Waals surface area contributed by atoms with E-state index in [4.69, 9.17) is 0 Å². The van der Waals surface area contributed by atoms with Crippen molar-refractivity contribution in [1.82, 2.24) is 0 Å². The van der Waals surface area contributed by atoms with E-state index in [0.717, 1.165) is 0 Å². The summed E-state index contributed by atoms with van der Waals surface area (Å²) in [4.78, 5) is 0. The number of hydrogen-bond donors (Lipinski definition) is 0. The third kappa shape index (κ3) is 16.8. The van der Waals surface area contributed by atoms with Crippen molar-refractivity contribution in [3.63, 3.8) is 0 Å². The van der Waals surface area contributed by atoms with E-state index in [2.05, 4.69) is 13.8 Å². The smallest absolute Gasteiger partial charge is 0.0536 e. The summed E-state index contributed by atoms with van der Waals surface area (Å²) >= 11 is 0. The molecule has 0 saturated heterocycles. The van der Waals surface area contributed by atoms with Gasteiger partial charge in [-0.05, 0) is 0 Å². The standard InChI is InChI=1S/C6H14.2H2O/c1-3-5-6-4-2;;/h3-6H2,1-2H3;2*1H2. The van der Waals surface area contributed by atoms with Crippen LogP contribution in [0.25, 0.3) is 0 Å². The van der Waals surface area contributed by atoms with E-state index >= 15 is 0 Å². The van der Waals surface area contributed by atoms with Crippen LogP contribution in [0.4, 0.5) is 0 Å². The molecule has 4 N–H and O–H groups in total. The third-order valence-electron chi connectivity index (χ3n) is 0.957. The van der Waals surface area contributed by atoms with Gasteiger partial charge in [-0.2, -0.15) is 0 Å². The van der Waals surface area contributed by atoms with Crippen molar-refractivity contribution >= 4 is 0 Å². The first-order valence-corrected chi connectivity index (χ1v) is 2.91. The van der Waals surface area contributed by atoms with E-state index in [-0.39, 0.29) is 11.0 Å². The van der Waals surface area contributed by atoms with Crippen molar-refractivity contribution in [2.45, 2.75) is 39.5 Å². The Hall–Kier alpha value is -0.0800. The van der Waals surface area contributed by atoms with Crippen LogP contribution in [0.3, 0.4) is 0 Å². The number of rotatable bonds is 3. The molecule has 54 valence electrons. The topological polar surface area (TPSA) is 63.0 Å². The van der Waals surface area contributed by atoms with Crippen molar-refractivity contribution in [2.75, 3.05) is 0 Å². The van der Waals surface area contributed by atoms with Gasteiger partial charge >= 0.3 is 0 Å². The Morgan fingerprint density at radius 2 is 1.00 bits per heavy atom. The van der Waals surface area contributed by atoms with Crippen molar-refractivity contribution in [3.8, 4) is 0 Å². The van der Waals surface area contributed by atoms with E-state index < -0.39 is 0 Å². The molecule has 0 radical (unpaired) electrons. The van der Waals surface area contributed by atoms with Gasteiger partial charge in [0, 0.05) is 0 Å². The Kier molecular flexibility index (Phi) is 30.9. The zero-order valence-corrected chi connectivity index (χ0v) is 5.83. The summed E-state index contributed by atoms with van der Waals surface area (Å²) in [5.41, 5.74) is 0. The first kappa shape index (κ1) is 15.7. The molecule has 0 aliphatic heterocycles. The Labute approximate surface area is 51.5 Å². The van der Waals surface area contributed by atoms with Crippen LogP contribution in [0.15, 0.2) is 0 Å². The Bertz CT molecular complexity index is 18.5. The van der Waals surface area contributed by atoms with E-state index in [0.29, 0.717) is 0 Å².